The van der Waals surface area contributed by atoms with E-state index in [9.17, 15) is 9.59 Å². The fourth-order valence-electron chi connectivity index (χ4n) is 2.33. The van der Waals surface area contributed by atoms with Crippen molar-refractivity contribution in [2.45, 2.75) is 32.1 Å². The van der Waals surface area contributed by atoms with Crippen LogP contribution in [-0.4, -0.2) is 29.7 Å². The zero-order valence-corrected chi connectivity index (χ0v) is 11.0. The second-order valence-corrected chi connectivity index (χ2v) is 5.32. The first-order chi connectivity index (χ1) is 8.51. The number of rotatable bonds is 2. The lowest BCUT2D eigenvalue weighted by atomic mass is 9.83. The maximum absolute atomic E-state index is 12.5. The van der Waals surface area contributed by atoms with Gasteiger partial charge < -0.3 is 4.90 Å². The molecule has 18 heavy (non-hydrogen) atoms. The third-order valence-electron chi connectivity index (χ3n) is 3.64. The van der Waals surface area contributed by atoms with Gasteiger partial charge in [-0.2, -0.15) is 0 Å². The molecule has 1 heterocycles. The maximum Gasteiger partial charge on any atom is 0.232 e. The van der Waals surface area contributed by atoms with Gasteiger partial charge in [-0.3, -0.25) is 9.59 Å². The summed E-state index contributed by atoms with van der Waals surface area (Å²) in [5.41, 5.74) is 0.494. The molecule has 1 aromatic carbocycles. The number of hydrogen-bond donors (Lipinski definition) is 0. The van der Waals surface area contributed by atoms with Crippen LogP contribution in [0.5, 0.6) is 0 Å². The highest BCUT2D eigenvalue weighted by molar-refractivity contribution is 5.89. The molecule has 3 nitrogen and oxygen atoms in total. The van der Waals surface area contributed by atoms with Crippen LogP contribution in [0.15, 0.2) is 30.3 Å². The Bertz CT molecular complexity index is 441. The number of hydrogen-bond acceptors (Lipinski definition) is 2. The van der Waals surface area contributed by atoms with E-state index in [0.717, 1.165) is 5.56 Å². The quantitative estimate of drug-likeness (QED) is 0.800. The van der Waals surface area contributed by atoms with Gasteiger partial charge in [-0.25, -0.2) is 0 Å². The van der Waals surface area contributed by atoms with Crippen LogP contribution in [0.25, 0.3) is 0 Å². The van der Waals surface area contributed by atoms with E-state index in [1.165, 1.54) is 0 Å². The molecule has 0 saturated carbocycles. The lowest BCUT2D eigenvalue weighted by molar-refractivity contribution is -0.139. The predicted octanol–water partition coefficient (Wildman–Crippen LogP) is 2.16. The molecule has 0 aliphatic carbocycles. The third-order valence-corrected chi connectivity index (χ3v) is 3.64. The first-order valence-corrected chi connectivity index (χ1v) is 6.38. The number of piperidine rings is 1. The topological polar surface area (TPSA) is 37.4 Å². The Labute approximate surface area is 108 Å². The zero-order valence-electron chi connectivity index (χ0n) is 11.0. The monoisotopic (exact) mass is 245 g/mol. The van der Waals surface area contributed by atoms with E-state index in [1.807, 2.05) is 49.1 Å². The van der Waals surface area contributed by atoms with E-state index in [-0.39, 0.29) is 11.7 Å². The third kappa shape index (κ3) is 2.45. The molecule has 0 radical (unpaired) electrons. The fourth-order valence-corrected chi connectivity index (χ4v) is 2.33. The van der Waals surface area contributed by atoms with E-state index in [1.54, 1.807) is 0 Å². The van der Waals surface area contributed by atoms with Crippen molar-refractivity contribution in [3.05, 3.63) is 35.9 Å². The maximum atomic E-state index is 12.5. The van der Waals surface area contributed by atoms with Gasteiger partial charge in [0, 0.05) is 25.9 Å². The Hall–Kier alpha value is -1.64. The summed E-state index contributed by atoms with van der Waals surface area (Å²) in [4.78, 5) is 25.6. The summed E-state index contributed by atoms with van der Waals surface area (Å²) >= 11 is 0. The Morgan fingerprint density at radius 2 is 1.67 bits per heavy atom. The van der Waals surface area contributed by atoms with E-state index in [2.05, 4.69) is 0 Å². The molecule has 0 aromatic heterocycles. The van der Waals surface area contributed by atoms with E-state index in [0.29, 0.717) is 25.9 Å². The molecule has 1 aliphatic rings. The Kier molecular flexibility index (Phi) is 3.50. The smallest absolute Gasteiger partial charge is 0.232 e. The van der Waals surface area contributed by atoms with Crippen molar-refractivity contribution >= 4 is 11.7 Å². The van der Waals surface area contributed by atoms with Crippen LogP contribution in [0.2, 0.25) is 0 Å². The first-order valence-electron chi connectivity index (χ1n) is 6.38. The number of carbonyl (C=O) groups is 2. The fraction of sp³-hybridized carbons (Fsp3) is 0.467. The van der Waals surface area contributed by atoms with Crippen LogP contribution in [0, 0.1) is 0 Å². The van der Waals surface area contributed by atoms with Crippen molar-refractivity contribution in [3.8, 4) is 0 Å². The molecule has 0 unspecified atom stereocenters. The number of likely N-dealkylation sites (tertiary alicyclic amines) is 1. The number of carbonyl (C=O) groups excluding carboxylic acids is 2. The van der Waals surface area contributed by atoms with Gasteiger partial charge in [0.1, 0.15) is 5.78 Å². The lowest BCUT2D eigenvalue weighted by Gasteiger charge is -2.34. The van der Waals surface area contributed by atoms with Crippen LogP contribution >= 0.6 is 0 Å². The van der Waals surface area contributed by atoms with Gasteiger partial charge in [0.05, 0.1) is 5.41 Å². The Balaban J connectivity index is 2.15. The number of Topliss-reactive ketones (excluding diaryl/α,β-unsaturated/α-hetero) is 1. The molecule has 1 amide bonds. The molecule has 0 bridgehead atoms. The standard InChI is InChI=1S/C15H19NO2/c1-15(2,12-6-4-3-5-7-12)14(18)16-10-8-13(17)9-11-16/h3-7H,8-11H2,1-2H3. The number of nitrogens with zero attached hydrogens (tertiary/aromatic N) is 1. The average molecular weight is 245 g/mol. The van der Waals surface area contributed by atoms with Gasteiger partial charge in [-0.05, 0) is 19.4 Å². The molecule has 1 aromatic rings. The molecule has 96 valence electrons. The van der Waals surface area contributed by atoms with Crippen molar-refractivity contribution in [2.24, 2.45) is 0 Å². The molecule has 3 heteroatoms. The number of amides is 1. The number of ketones is 1. The molecule has 0 spiro atoms. The van der Waals surface area contributed by atoms with Crippen molar-refractivity contribution in [1.82, 2.24) is 4.90 Å². The highest BCUT2D eigenvalue weighted by Crippen LogP contribution is 2.26. The van der Waals surface area contributed by atoms with Crippen LogP contribution in [0.3, 0.4) is 0 Å². The molecule has 0 N–H and O–H groups in total. The average Bonchev–Trinajstić information content (AvgIpc) is 2.40. The molecule has 1 aliphatic heterocycles. The number of benzene rings is 1. The van der Waals surface area contributed by atoms with E-state index in [4.69, 9.17) is 0 Å². The Morgan fingerprint density at radius 3 is 2.22 bits per heavy atom. The molecule has 0 atom stereocenters. The Morgan fingerprint density at radius 1 is 1.11 bits per heavy atom. The van der Waals surface area contributed by atoms with E-state index < -0.39 is 5.41 Å². The molecule has 2 rings (SSSR count). The second-order valence-electron chi connectivity index (χ2n) is 5.32. The lowest BCUT2D eigenvalue weighted by Crippen LogP contribution is -2.47. The summed E-state index contributed by atoms with van der Waals surface area (Å²) in [7, 11) is 0. The van der Waals surface area contributed by atoms with Gasteiger partial charge in [0.25, 0.3) is 0 Å². The second kappa shape index (κ2) is 4.92. The summed E-state index contributed by atoms with van der Waals surface area (Å²) in [5, 5.41) is 0. The highest BCUT2D eigenvalue weighted by Gasteiger charge is 2.34. The van der Waals surface area contributed by atoms with Crippen LogP contribution < -0.4 is 0 Å². The van der Waals surface area contributed by atoms with E-state index >= 15 is 0 Å². The van der Waals surface area contributed by atoms with Gasteiger partial charge in [-0.1, -0.05) is 30.3 Å². The normalized spacial score (nSPS) is 16.8. The summed E-state index contributed by atoms with van der Waals surface area (Å²) in [5.74, 6) is 0.373. The molecular formula is C15H19NO2. The summed E-state index contributed by atoms with van der Waals surface area (Å²) < 4.78 is 0. The zero-order chi connectivity index (χ0) is 13.2. The van der Waals surface area contributed by atoms with Gasteiger partial charge in [0.15, 0.2) is 0 Å². The predicted molar refractivity (Wildman–Crippen MR) is 70.3 cm³/mol. The summed E-state index contributed by atoms with van der Waals surface area (Å²) in [6.07, 6.45) is 0.993. The van der Waals surface area contributed by atoms with Crippen LogP contribution in [0.1, 0.15) is 32.3 Å². The van der Waals surface area contributed by atoms with Crippen molar-refractivity contribution in [2.75, 3.05) is 13.1 Å². The minimum Gasteiger partial charge on any atom is -0.341 e. The molecule has 1 saturated heterocycles. The van der Waals surface area contributed by atoms with Crippen LogP contribution in [0.4, 0.5) is 0 Å². The van der Waals surface area contributed by atoms with Crippen molar-refractivity contribution in [1.29, 1.82) is 0 Å². The SMILES string of the molecule is CC(C)(C(=O)N1CCC(=O)CC1)c1ccccc1. The van der Waals surface area contributed by atoms with Crippen molar-refractivity contribution in [3.63, 3.8) is 0 Å². The summed E-state index contributed by atoms with van der Waals surface area (Å²) in [6.45, 7) is 5.02. The van der Waals surface area contributed by atoms with Crippen molar-refractivity contribution < 1.29 is 9.59 Å². The first kappa shape index (κ1) is 12.8. The molecule has 1 fully saturated rings. The summed E-state index contributed by atoms with van der Waals surface area (Å²) in [6, 6.07) is 9.80. The molecular weight excluding hydrogens is 226 g/mol. The minimum atomic E-state index is -0.526. The van der Waals surface area contributed by atoms with Gasteiger partial charge >= 0.3 is 0 Å². The largest absolute Gasteiger partial charge is 0.341 e. The van der Waals surface area contributed by atoms with Crippen LogP contribution in [-0.2, 0) is 15.0 Å². The highest BCUT2D eigenvalue weighted by atomic mass is 16.2. The minimum absolute atomic E-state index is 0.112. The van der Waals surface area contributed by atoms with Gasteiger partial charge in [0.2, 0.25) is 5.91 Å². The van der Waals surface area contributed by atoms with Gasteiger partial charge in [-0.15, -0.1) is 0 Å².